The van der Waals surface area contributed by atoms with E-state index in [1.165, 1.54) is 13.8 Å². The summed E-state index contributed by atoms with van der Waals surface area (Å²) in [4.78, 5) is 197. The molecule has 0 aromatic heterocycles. The second-order valence-electron chi connectivity index (χ2n) is 20.9. The molecule has 536 valence electrons. The van der Waals surface area contributed by atoms with E-state index in [0.717, 1.165) is 6.92 Å². The third kappa shape index (κ3) is 31.4. The summed E-state index contributed by atoms with van der Waals surface area (Å²) in [5.41, 5.74) is 16.8. The maximum absolute atomic E-state index is 14.0. The summed E-state index contributed by atoms with van der Waals surface area (Å²) in [6, 6.07) is -23.0. The first kappa shape index (κ1) is 87.5. The topological polar surface area (TPSA) is 632 Å². The molecule has 0 fully saturated rings. The molecule has 0 aromatic rings. The molecule has 0 bridgehead atoms. The van der Waals surface area contributed by atoms with E-state index in [1.807, 2.05) is 0 Å². The third-order valence-corrected chi connectivity index (χ3v) is 15.1. The van der Waals surface area contributed by atoms with Gasteiger partial charge in [0.2, 0.25) is 76.8 Å². The smallest absolute Gasteiger partial charge is 0.327 e. The molecule has 0 radical (unpaired) electrons. The molecule has 0 aromatic carbocycles. The number of unbranched alkanes of at least 4 members (excludes halogenated alkanes) is 2. The zero-order chi connectivity index (χ0) is 72.1. The second-order valence-corrected chi connectivity index (χ2v) is 22.7. The zero-order valence-electron chi connectivity index (χ0n) is 51.5. The summed E-state index contributed by atoms with van der Waals surface area (Å²) in [6.07, 6.45) is -3.52. The third-order valence-electron chi connectivity index (χ3n) is 13.3. The number of nitrogens with two attached hydrogens (primary N) is 3. The summed E-state index contributed by atoms with van der Waals surface area (Å²) in [7, 11) is 0. The van der Waals surface area contributed by atoms with Crippen molar-refractivity contribution in [3.8, 4) is 0 Å². The fraction of sp³-hybridized carbons (Fsp3) is 0.706. The molecule has 0 rings (SSSR count). The van der Waals surface area contributed by atoms with Crippen LogP contribution in [0.4, 0.5) is 0 Å². The Kier molecular flexibility index (Phi) is 43.3. The molecule has 26 N–H and O–H groups in total. The standard InChI is InChI=1S/C51H90N16O22S5/c1-21(55-45(82)30(16-90)65-43(80)27(13-68)59-42(79)28(14-69)60-49(86)36(54)22(2)71)38(75)62-31(17-91)46(83)56-24(8-4-6-10-52)39(76)58-26(12-35(73)74)41(78)64-32(18-92)47(84)57-25(9-5-7-11-53)40(77)63-33(19-93)48(85)67-37(23(3)72)50(87)61-29(15-70)44(81)66-34(20-94)51(88)89/h21-34,36-37,68-72,90-94H,4-20,52-54H2,1-3H3,(H,55,82)(H,56,83)(H,57,84)(H,58,76)(H,59,79)(H,60,86)(H,61,87)(H,62,75)(H,63,77)(H,64,78)(H,65,80)(H,66,81)(H,67,85)(H,73,74)(H,88,89)/t21-,22+,23+,24-,25-,26-,27-,28-,29-,30-,31-,32-,33-,34-,36-,37-/m0/s1. The number of aliphatic hydroxyl groups excluding tert-OH is 5. The largest absolute Gasteiger partial charge is 0.481 e. The van der Waals surface area contributed by atoms with Gasteiger partial charge in [-0.3, -0.25) is 67.1 Å². The average molecular weight is 1440 g/mol. The SMILES string of the molecule is C[C@H](NC(=O)[C@H](CS)NC(=O)[C@H](CO)NC(=O)[C@H](CO)NC(=O)[C@@H](N)[C@@H](C)O)C(=O)N[C@@H](CS)C(=O)N[C@@H](CCCCN)C(=O)N[C@@H](CC(=O)O)C(=O)N[C@@H](CS)C(=O)N[C@@H](CCCCN)C(=O)N[C@@H](CS)C(=O)N[C@H](C(=O)N[C@@H](CO)C(=O)N[C@@H](CS)C(=O)O)[C@@H](C)O. The Morgan fingerprint density at radius 2 is 0.617 bits per heavy atom. The molecular weight excluding hydrogens is 1350 g/mol. The number of aliphatic hydroxyl groups is 5. The van der Waals surface area contributed by atoms with Gasteiger partial charge in [0, 0.05) is 28.8 Å². The highest BCUT2D eigenvalue weighted by Crippen LogP contribution is 2.09. The van der Waals surface area contributed by atoms with Crippen LogP contribution in [0.5, 0.6) is 0 Å². The molecule has 38 nitrogen and oxygen atoms in total. The van der Waals surface area contributed by atoms with Gasteiger partial charge in [0.15, 0.2) is 0 Å². The van der Waals surface area contributed by atoms with Crippen molar-refractivity contribution in [2.75, 3.05) is 61.7 Å². The van der Waals surface area contributed by atoms with Crippen molar-refractivity contribution in [3.05, 3.63) is 0 Å². The van der Waals surface area contributed by atoms with E-state index in [4.69, 9.17) is 17.2 Å². The monoisotopic (exact) mass is 1440 g/mol. The average Bonchev–Trinajstić information content (AvgIpc) is 0.973. The Morgan fingerprint density at radius 3 is 0.947 bits per heavy atom. The second kappa shape index (κ2) is 46.6. The predicted molar refractivity (Wildman–Crippen MR) is 348 cm³/mol. The highest BCUT2D eigenvalue weighted by molar-refractivity contribution is 7.81. The normalized spacial score (nSPS) is 16.2. The molecule has 0 saturated carbocycles. The number of nitrogens with one attached hydrogen (secondary N) is 13. The van der Waals surface area contributed by atoms with E-state index in [1.54, 1.807) is 0 Å². The van der Waals surface area contributed by atoms with E-state index in [0.29, 0.717) is 6.42 Å². The summed E-state index contributed by atoms with van der Waals surface area (Å²) in [5, 5.41) is 97.4. The van der Waals surface area contributed by atoms with E-state index >= 15 is 0 Å². The minimum absolute atomic E-state index is 0.114. The Balaban J connectivity index is 6.34. The van der Waals surface area contributed by atoms with Crippen LogP contribution in [0, 0.1) is 0 Å². The van der Waals surface area contributed by atoms with Crippen molar-refractivity contribution < 1.29 is 108 Å². The number of rotatable bonds is 47. The van der Waals surface area contributed by atoms with E-state index in [-0.39, 0.29) is 50.9 Å². The Labute approximate surface area is 567 Å². The van der Waals surface area contributed by atoms with Crippen molar-refractivity contribution in [1.82, 2.24) is 69.1 Å². The van der Waals surface area contributed by atoms with Gasteiger partial charge >= 0.3 is 11.9 Å². The lowest BCUT2D eigenvalue weighted by Crippen LogP contribution is -2.62. The maximum Gasteiger partial charge on any atom is 0.327 e. The van der Waals surface area contributed by atoms with Gasteiger partial charge in [-0.15, -0.1) is 0 Å². The van der Waals surface area contributed by atoms with E-state index in [9.17, 15) is 108 Å². The van der Waals surface area contributed by atoms with Gasteiger partial charge in [-0.2, -0.15) is 63.1 Å². The van der Waals surface area contributed by atoms with Gasteiger partial charge in [-0.25, -0.2) is 4.79 Å². The highest BCUT2D eigenvalue weighted by Gasteiger charge is 2.38. The van der Waals surface area contributed by atoms with E-state index < -0.39 is 235 Å². The molecule has 94 heavy (non-hydrogen) atoms. The van der Waals surface area contributed by atoms with Crippen LogP contribution in [0.1, 0.15) is 65.7 Å². The van der Waals surface area contributed by atoms with Crippen molar-refractivity contribution in [2.45, 2.75) is 163 Å². The lowest BCUT2D eigenvalue weighted by molar-refractivity contribution is -0.142. The minimum Gasteiger partial charge on any atom is -0.481 e. The first-order chi connectivity index (χ1) is 44.2. The van der Waals surface area contributed by atoms with Gasteiger partial charge in [-0.1, -0.05) is 0 Å². The molecule has 0 saturated heterocycles. The molecule has 0 unspecified atom stereocenters. The van der Waals surface area contributed by atoms with Crippen molar-refractivity contribution in [3.63, 3.8) is 0 Å². The van der Waals surface area contributed by atoms with Gasteiger partial charge in [0.05, 0.1) is 38.4 Å². The zero-order valence-corrected chi connectivity index (χ0v) is 56.0. The van der Waals surface area contributed by atoms with E-state index in [2.05, 4.69) is 132 Å². The number of thiol groups is 5. The maximum atomic E-state index is 14.0. The lowest BCUT2D eigenvalue weighted by Gasteiger charge is -2.28. The van der Waals surface area contributed by atoms with Gasteiger partial charge in [-0.05, 0) is 72.4 Å². The number of carboxylic acid groups (broad SMARTS) is 2. The number of aliphatic carboxylic acids is 2. The van der Waals surface area contributed by atoms with Crippen LogP contribution in [-0.4, -0.2) is 283 Å². The van der Waals surface area contributed by atoms with Crippen molar-refractivity contribution in [1.29, 1.82) is 0 Å². The van der Waals surface area contributed by atoms with Gasteiger partial charge in [0.1, 0.15) is 84.6 Å². The lowest BCUT2D eigenvalue weighted by atomic mass is 10.1. The molecule has 0 aliphatic carbocycles. The molecule has 0 aliphatic rings. The number of carbonyl (C=O) groups excluding carboxylic acids is 13. The molecule has 0 spiro atoms. The first-order valence-electron chi connectivity index (χ1n) is 29.0. The molecule has 16 atom stereocenters. The summed E-state index contributed by atoms with van der Waals surface area (Å²) >= 11 is 20.3. The van der Waals surface area contributed by atoms with Gasteiger partial charge < -0.3 is 122 Å². The fourth-order valence-corrected chi connectivity index (χ4v) is 8.99. The fourth-order valence-electron chi connectivity index (χ4n) is 7.71. The van der Waals surface area contributed by atoms with Crippen LogP contribution in [-0.2, 0) is 71.9 Å². The molecule has 0 heterocycles. The summed E-state index contributed by atoms with van der Waals surface area (Å²) < 4.78 is 0. The Hall–Kier alpha value is -6.52. The number of carboxylic acids is 2. The van der Waals surface area contributed by atoms with Crippen LogP contribution in [0.15, 0.2) is 0 Å². The molecular formula is C51H90N16O22S5. The quantitative estimate of drug-likeness (QED) is 0.0199. The number of carbonyl (C=O) groups is 15. The number of amides is 13. The van der Waals surface area contributed by atoms with Gasteiger partial charge in [0.25, 0.3) is 0 Å². The summed E-state index contributed by atoms with van der Waals surface area (Å²) in [5.74, 6) is -19.8. The summed E-state index contributed by atoms with van der Waals surface area (Å²) in [6.45, 7) is 0.570. The van der Waals surface area contributed by atoms with Crippen LogP contribution in [0.3, 0.4) is 0 Å². The van der Waals surface area contributed by atoms with Crippen molar-refractivity contribution in [2.24, 2.45) is 17.2 Å². The van der Waals surface area contributed by atoms with Crippen LogP contribution in [0.25, 0.3) is 0 Å². The molecule has 43 heteroatoms. The predicted octanol–water partition coefficient (Wildman–Crippen LogP) is -12.2. The Bertz CT molecular complexity index is 2570. The van der Waals surface area contributed by atoms with Crippen LogP contribution in [0.2, 0.25) is 0 Å². The van der Waals surface area contributed by atoms with Crippen LogP contribution >= 0.6 is 63.1 Å². The minimum atomic E-state index is -1.97. The highest BCUT2D eigenvalue weighted by atomic mass is 32.1. The first-order valence-corrected chi connectivity index (χ1v) is 32.2. The number of hydrogen-bond acceptors (Lipinski definition) is 28. The number of hydrogen-bond donors (Lipinski definition) is 28. The Morgan fingerprint density at radius 1 is 0.340 bits per heavy atom. The molecule has 0 aliphatic heterocycles. The van der Waals surface area contributed by atoms with Crippen LogP contribution < -0.4 is 86.3 Å². The molecule has 13 amide bonds. The van der Waals surface area contributed by atoms with Crippen molar-refractivity contribution >= 4 is 152 Å².